The molecule has 1 amide bonds. The maximum absolute atomic E-state index is 12.1. The van der Waals surface area contributed by atoms with Crippen LogP contribution in [0.5, 0.6) is 0 Å². The molecule has 0 bridgehead atoms. The van der Waals surface area contributed by atoms with Gasteiger partial charge in [0.2, 0.25) is 0 Å². The van der Waals surface area contributed by atoms with E-state index in [0.29, 0.717) is 0 Å². The summed E-state index contributed by atoms with van der Waals surface area (Å²) in [7, 11) is 0. The van der Waals surface area contributed by atoms with Crippen LogP contribution in [0.2, 0.25) is 0 Å². The molecule has 0 spiro atoms. The van der Waals surface area contributed by atoms with Crippen LogP contribution in [0, 0.1) is 11.8 Å². The van der Waals surface area contributed by atoms with Crippen LogP contribution in [-0.2, 0) is 14.3 Å². The molecular formula is C15H23NO4. The van der Waals surface area contributed by atoms with Gasteiger partial charge in [0.15, 0.2) is 0 Å². The average molecular weight is 281 g/mol. The van der Waals surface area contributed by atoms with Gasteiger partial charge >= 0.3 is 12.1 Å². The van der Waals surface area contributed by atoms with Gasteiger partial charge in [0.05, 0.1) is 12.0 Å². The minimum Gasteiger partial charge on any atom is -0.460 e. The van der Waals surface area contributed by atoms with E-state index in [0.717, 1.165) is 0 Å². The van der Waals surface area contributed by atoms with Crippen molar-refractivity contribution < 1.29 is 19.1 Å². The van der Waals surface area contributed by atoms with E-state index in [2.05, 4.69) is 0 Å². The van der Waals surface area contributed by atoms with Crippen molar-refractivity contribution in [2.75, 3.05) is 0 Å². The molecule has 1 fully saturated rings. The normalized spacial score (nSPS) is 28.1. The summed E-state index contributed by atoms with van der Waals surface area (Å²) in [6.07, 6.45) is 3.17. The van der Waals surface area contributed by atoms with Crippen LogP contribution < -0.4 is 0 Å². The third kappa shape index (κ3) is 3.14. The van der Waals surface area contributed by atoms with E-state index in [-0.39, 0.29) is 23.8 Å². The second-order valence-corrected chi connectivity index (χ2v) is 7.36. The summed E-state index contributed by atoms with van der Waals surface area (Å²) in [5.74, 6) is -0.436. The van der Waals surface area contributed by atoms with Crippen LogP contribution in [0.4, 0.5) is 4.79 Å². The zero-order valence-corrected chi connectivity index (χ0v) is 13.0. The average Bonchev–Trinajstić information content (AvgIpc) is 2.74. The lowest BCUT2D eigenvalue weighted by Gasteiger charge is -2.25. The molecule has 1 aliphatic carbocycles. The fourth-order valence-corrected chi connectivity index (χ4v) is 2.36. The van der Waals surface area contributed by atoms with E-state index < -0.39 is 17.3 Å². The van der Waals surface area contributed by atoms with Crippen LogP contribution in [-0.4, -0.2) is 34.2 Å². The third-order valence-corrected chi connectivity index (χ3v) is 3.11. The third-order valence-electron chi connectivity index (χ3n) is 3.11. The minimum atomic E-state index is -0.542. The van der Waals surface area contributed by atoms with Crippen molar-refractivity contribution >= 4 is 12.1 Å². The number of rotatable bonds is 1. The summed E-state index contributed by atoms with van der Waals surface area (Å²) in [5.41, 5.74) is -1.05. The number of carbonyl (C=O) groups is 2. The Kier molecular flexibility index (Phi) is 3.35. The number of fused-ring (bicyclic) bond motifs is 1. The molecule has 1 saturated carbocycles. The fraction of sp³-hybridized carbons (Fsp3) is 0.733. The van der Waals surface area contributed by atoms with Crippen molar-refractivity contribution in [2.24, 2.45) is 11.8 Å². The first kappa shape index (κ1) is 14.9. The summed E-state index contributed by atoms with van der Waals surface area (Å²) in [4.78, 5) is 25.6. The molecule has 3 atom stereocenters. The molecule has 0 N–H and O–H groups in total. The zero-order chi connectivity index (χ0) is 15.3. The Morgan fingerprint density at radius 3 is 2.05 bits per heavy atom. The van der Waals surface area contributed by atoms with Gasteiger partial charge in [-0.15, -0.1) is 0 Å². The predicted molar refractivity (Wildman–Crippen MR) is 73.8 cm³/mol. The Morgan fingerprint density at radius 1 is 1.00 bits per heavy atom. The Morgan fingerprint density at radius 2 is 1.55 bits per heavy atom. The number of hydrogen-bond acceptors (Lipinski definition) is 4. The molecule has 2 aliphatic rings. The molecule has 2 rings (SSSR count). The molecule has 20 heavy (non-hydrogen) atoms. The molecule has 0 saturated heterocycles. The molecular weight excluding hydrogens is 258 g/mol. The highest BCUT2D eigenvalue weighted by atomic mass is 16.6. The summed E-state index contributed by atoms with van der Waals surface area (Å²) < 4.78 is 10.7. The van der Waals surface area contributed by atoms with Gasteiger partial charge in [-0.05, 0) is 41.5 Å². The fourth-order valence-electron chi connectivity index (χ4n) is 2.36. The van der Waals surface area contributed by atoms with Crippen LogP contribution in [0.25, 0.3) is 0 Å². The van der Waals surface area contributed by atoms with E-state index in [1.165, 1.54) is 4.90 Å². The second kappa shape index (κ2) is 4.50. The molecule has 0 aromatic rings. The highest BCUT2D eigenvalue weighted by Gasteiger charge is 2.62. The molecule has 0 aromatic carbocycles. The standard InChI is InChI=1S/C15H23NO4/c1-14(2,3)19-12(17)10-9-7-8-16(11(9)10)13(18)20-15(4,5)6/h7-11H,1-6H3/t9-,10-,11-/m0/s1. The number of ether oxygens (including phenoxy) is 2. The molecule has 0 aromatic heterocycles. The molecule has 0 radical (unpaired) electrons. The smallest absolute Gasteiger partial charge is 0.414 e. The lowest BCUT2D eigenvalue weighted by molar-refractivity contribution is -0.157. The van der Waals surface area contributed by atoms with Crippen molar-refractivity contribution in [1.82, 2.24) is 4.90 Å². The summed E-state index contributed by atoms with van der Waals surface area (Å²) in [5, 5.41) is 0. The van der Waals surface area contributed by atoms with E-state index in [1.807, 2.05) is 47.6 Å². The van der Waals surface area contributed by atoms with Gasteiger partial charge in [-0.3, -0.25) is 9.69 Å². The summed E-state index contributed by atoms with van der Waals surface area (Å²) in [6, 6.07) is -0.139. The van der Waals surface area contributed by atoms with Crippen LogP contribution in [0.1, 0.15) is 41.5 Å². The first-order chi connectivity index (χ1) is 8.99. The lowest BCUT2D eigenvalue weighted by Crippen LogP contribution is -2.36. The highest BCUT2D eigenvalue weighted by Crippen LogP contribution is 2.50. The number of amides is 1. The van der Waals surface area contributed by atoms with Gasteiger partial charge in [0.25, 0.3) is 0 Å². The van der Waals surface area contributed by atoms with E-state index in [9.17, 15) is 9.59 Å². The number of esters is 1. The van der Waals surface area contributed by atoms with Crippen molar-refractivity contribution in [3.63, 3.8) is 0 Å². The molecule has 5 nitrogen and oxygen atoms in total. The molecule has 1 aliphatic heterocycles. The van der Waals surface area contributed by atoms with Crippen LogP contribution in [0.15, 0.2) is 12.3 Å². The molecule has 112 valence electrons. The number of nitrogens with zero attached hydrogens (tertiary/aromatic N) is 1. The zero-order valence-electron chi connectivity index (χ0n) is 13.0. The Labute approximate surface area is 119 Å². The predicted octanol–water partition coefficient (Wildman–Crippen LogP) is 2.71. The second-order valence-electron chi connectivity index (χ2n) is 7.36. The maximum Gasteiger partial charge on any atom is 0.414 e. The Bertz CT molecular complexity index is 455. The van der Waals surface area contributed by atoms with Gasteiger partial charge in [-0.25, -0.2) is 4.79 Å². The van der Waals surface area contributed by atoms with E-state index >= 15 is 0 Å². The largest absolute Gasteiger partial charge is 0.460 e. The van der Waals surface area contributed by atoms with E-state index in [1.54, 1.807) is 6.20 Å². The molecule has 1 heterocycles. The summed E-state index contributed by atoms with van der Waals surface area (Å²) >= 11 is 0. The van der Waals surface area contributed by atoms with Crippen LogP contribution >= 0.6 is 0 Å². The Hall–Kier alpha value is -1.52. The van der Waals surface area contributed by atoms with Crippen molar-refractivity contribution in [3.05, 3.63) is 12.3 Å². The Balaban J connectivity index is 1.97. The maximum atomic E-state index is 12.1. The van der Waals surface area contributed by atoms with Crippen LogP contribution in [0.3, 0.4) is 0 Å². The van der Waals surface area contributed by atoms with Gasteiger partial charge in [0, 0.05) is 12.1 Å². The first-order valence-electron chi connectivity index (χ1n) is 6.92. The van der Waals surface area contributed by atoms with Gasteiger partial charge in [0.1, 0.15) is 11.2 Å². The monoisotopic (exact) mass is 281 g/mol. The van der Waals surface area contributed by atoms with Crippen molar-refractivity contribution in [3.8, 4) is 0 Å². The quantitative estimate of drug-likeness (QED) is 0.693. The minimum absolute atomic E-state index is 0.0670. The van der Waals surface area contributed by atoms with Crippen molar-refractivity contribution in [1.29, 1.82) is 0 Å². The van der Waals surface area contributed by atoms with E-state index in [4.69, 9.17) is 9.47 Å². The topological polar surface area (TPSA) is 55.8 Å². The first-order valence-corrected chi connectivity index (χ1v) is 6.92. The number of carbonyl (C=O) groups excluding carboxylic acids is 2. The molecule has 0 unspecified atom stereocenters. The van der Waals surface area contributed by atoms with Gasteiger partial charge in [-0.1, -0.05) is 6.08 Å². The SMILES string of the molecule is CC(C)(C)OC(=O)[C@H]1[C@@H]2C=CN(C(=O)OC(C)(C)C)[C@@H]21. The van der Waals surface area contributed by atoms with Gasteiger partial charge in [-0.2, -0.15) is 0 Å². The highest BCUT2D eigenvalue weighted by molar-refractivity contribution is 5.82. The molecule has 5 heteroatoms. The lowest BCUT2D eigenvalue weighted by atomic mass is 10.2. The van der Waals surface area contributed by atoms with Crippen molar-refractivity contribution in [2.45, 2.75) is 58.8 Å². The van der Waals surface area contributed by atoms with Gasteiger partial charge < -0.3 is 9.47 Å². The number of hydrogen-bond donors (Lipinski definition) is 0. The summed E-state index contributed by atoms with van der Waals surface area (Å²) in [6.45, 7) is 11.0.